The zero-order valence-corrected chi connectivity index (χ0v) is 16.9. The summed E-state index contributed by atoms with van der Waals surface area (Å²) in [4.78, 5) is 9.95. The number of fused-ring (bicyclic) bond motifs is 1. The summed E-state index contributed by atoms with van der Waals surface area (Å²) >= 11 is 10.9. The van der Waals surface area contributed by atoms with Gasteiger partial charge in [-0.2, -0.15) is 10.2 Å². The van der Waals surface area contributed by atoms with Crippen LogP contribution in [0.15, 0.2) is 21.1 Å². The average Bonchev–Trinajstić information content (AvgIpc) is 3.19. The third kappa shape index (κ3) is 2.71. The highest BCUT2D eigenvalue weighted by Crippen LogP contribution is 2.48. The molecule has 1 aliphatic rings. The maximum atomic E-state index is 9.57. The van der Waals surface area contributed by atoms with Crippen LogP contribution in [0, 0.1) is 11.3 Å². The molecular formula is C17H13BrClN5OS. The second-order valence-electron chi connectivity index (χ2n) is 6.35. The van der Waals surface area contributed by atoms with Gasteiger partial charge in [-0.1, -0.05) is 32.7 Å². The Morgan fingerprint density at radius 1 is 1.42 bits per heavy atom. The van der Waals surface area contributed by atoms with Crippen molar-refractivity contribution >= 4 is 43.9 Å². The lowest BCUT2D eigenvalue weighted by Crippen LogP contribution is -2.29. The van der Waals surface area contributed by atoms with Crippen molar-refractivity contribution in [3.63, 3.8) is 0 Å². The lowest BCUT2D eigenvalue weighted by atomic mass is 9.72. The largest absolute Gasteiger partial charge is 0.389 e. The van der Waals surface area contributed by atoms with Gasteiger partial charge in [0.05, 0.1) is 11.0 Å². The van der Waals surface area contributed by atoms with Gasteiger partial charge in [-0.05, 0) is 38.3 Å². The van der Waals surface area contributed by atoms with E-state index in [1.54, 1.807) is 12.1 Å². The molecule has 3 aromatic heterocycles. The Bertz CT molecular complexity index is 1040. The Labute approximate surface area is 167 Å². The van der Waals surface area contributed by atoms with Crippen LogP contribution in [0.2, 0.25) is 5.15 Å². The fraction of sp³-hybridized carbons (Fsp3) is 0.294. The molecule has 0 aliphatic heterocycles. The average molecular weight is 451 g/mol. The van der Waals surface area contributed by atoms with Gasteiger partial charge in [0.2, 0.25) is 11.7 Å². The molecule has 0 fully saturated rings. The first-order valence-corrected chi connectivity index (χ1v) is 9.90. The molecule has 0 spiro atoms. The van der Waals surface area contributed by atoms with Crippen molar-refractivity contribution in [2.24, 2.45) is 0 Å². The van der Waals surface area contributed by atoms with E-state index in [1.165, 1.54) is 11.3 Å². The molecule has 1 aliphatic carbocycles. The van der Waals surface area contributed by atoms with E-state index in [0.717, 1.165) is 34.2 Å². The topological polar surface area (TPSA) is 102 Å². The molecule has 2 N–H and O–H groups in total. The summed E-state index contributed by atoms with van der Waals surface area (Å²) in [5, 5.41) is 14.5. The zero-order chi connectivity index (χ0) is 18.5. The molecule has 4 rings (SSSR count). The highest BCUT2D eigenvalue weighted by molar-refractivity contribution is 9.10. The number of nitriles is 1. The molecule has 0 saturated carbocycles. The zero-order valence-electron chi connectivity index (χ0n) is 13.7. The van der Waals surface area contributed by atoms with Crippen LogP contribution in [0.5, 0.6) is 0 Å². The highest BCUT2D eigenvalue weighted by Gasteiger charge is 2.43. The van der Waals surface area contributed by atoms with Crippen LogP contribution in [0.1, 0.15) is 41.7 Å². The van der Waals surface area contributed by atoms with E-state index in [2.05, 4.69) is 37.1 Å². The Hall–Kier alpha value is -1.95. The smallest absolute Gasteiger partial charge is 0.237 e. The monoisotopic (exact) mass is 449 g/mol. The molecule has 0 amide bonds. The summed E-state index contributed by atoms with van der Waals surface area (Å²) in [6.07, 6.45) is 2.68. The maximum Gasteiger partial charge on any atom is 0.237 e. The fourth-order valence-corrected chi connectivity index (χ4v) is 5.41. The number of anilines is 1. The summed E-state index contributed by atoms with van der Waals surface area (Å²) in [7, 11) is 0. The van der Waals surface area contributed by atoms with E-state index in [9.17, 15) is 5.26 Å². The standard InChI is InChI=1S/C17H13BrClN5OS/c1-17(4-2-3-11-13(17)9(7-20)14(21)26-11)16-23-15(24-25-16)10-5-8(18)6-12(19)22-10/h5-6H,2-4,21H2,1H3/t17-/m0/s1. The Morgan fingerprint density at radius 2 is 2.23 bits per heavy atom. The molecule has 0 bridgehead atoms. The normalized spacial score (nSPS) is 19.2. The van der Waals surface area contributed by atoms with Crippen LogP contribution >= 0.6 is 38.9 Å². The van der Waals surface area contributed by atoms with E-state index in [1.807, 2.05) is 6.92 Å². The predicted molar refractivity (Wildman–Crippen MR) is 103 cm³/mol. The van der Waals surface area contributed by atoms with Crippen molar-refractivity contribution in [2.45, 2.75) is 31.6 Å². The number of hydrogen-bond acceptors (Lipinski definition) is 7. The fourth-order valence-electron chi connectivity index (χ4n) is 3.44. The van der Waals surface area contributed by atoms with Gasteiger partial charge in [-0.3, -0.25) is 0 Å². The van der Waals surface area contributed by atoms with Crippen molar-refractivity contribution in [3.05, 3.63) is 43.7 Å². The van der Waals surface area contributed by atoms with Gasteiger partial charge >= 0.3 is 0 Å². The van der Waals surface area contributed by atoms with Gasteiger partial charge in [0, 0.05) is 14.9 Å². The van der Waals surface area contributed by atoms with E-state index in [0.29, 0.717) is 33.1 Å². The first-order chi connectivity index (χ1) is 12.4. The van der Waals surface area contributed by atoms with Gasteiger partial charge in [-0.15, -0.1) is 11.3 Å². The van der Waals surface area contributed by atoms with E-state index < -0.39 is 5.41 Å². The number of halogens is 2. The van der Waals surface area contributed by atoms with Crippen LogP contribution in [0.4, 0.5) is 5.00 Å². The lowest BCUT2D eigenvalue weighted by Gasteiger charge is -2.30. The van der Waals surface area contributed by atoms with Crippen LogP contribution in [0.3, 0.4) is 0 Å². The molecular weight excluding hydrogens is 438 g/mol. The number of nitrogens with two attached hydrogens (primary N) is 1. The van der Waals surface area contributed by atoms with Gasteiger partial charge < -0.3 is 10.3 Å². The third-order valence-corrected chi connectivity index (χ3v) is 6.37. The highest BCUT2D eigenvalue weighted by atomic mass is 79.9. The molecule has 132 valence electrons. The SMILES string of the molecule is C[C@]1(c2nc(-c3cc(Br)cc(Cl)n3)no2)CCCc2sc(N)c(C#N)c21. The molecule has 9 heteroatoms. The molecule has 0 saturated heterocycles. The molecule has 3 aromatic rings. The minimum absolute atomic E-state index is 0.337. The van der Waals surface area contributed by atoms with Crippen LogP contribution in [-0.4, -0.2) is 15.1 Å². The number of hydrogen-bond donors (Lipinski definition) is 1. The number of rotatable bonds is 2. The summed E-state index contributed by atoms with van der Waals surface area (Å²) in [6, 6.07) is 5.71. The van der Waals surface area contributed by atoms with Gasteiger partial charge in [0.1, 0.15) is 21.9 Å². The second kappa shape index (κ2) is 6.34. The molecule has 0 radical (unpaired) electrons. The Balaban J connectivity index is 1.83. The summed E-state index contributed by atoms with van der Waals surface area (Å²) in [5.74, 6) is 0.818. The van der Waals surface area contributed by atoms with Crippen LogP contribution in [0.25, 0.3) is 11.5 Å². The molecule has 26 heavy (non-hydrogen) atoms. The quantitative estimate of drug-likeness (QED) is 0.568. The number of nitrogens with zero attached hydrogens (tertiary/aromatic N) is 4. The molecule has 0 unspecified atom stereocenters. The number of aromatic nitrogens is 3. The van der Waals surface area contributed by atoms with E-state index >= 15 is 0 Å². The van der Waals surface area contributed by atoms with Crippen molar-refractivity contribution in [2.75, 3.05) is 5.73 Å². The van der Waals surface area contributed by atoms with Crippen molar-refractivity contribution in [3.8, 4) is 17.6 Å². The maximum absolute atomic E-state index is 9.57. The number of pyridine rings is 1. The van der Waals surface area contributed by atoms with Crippen LogP contribution in [-0.2, 0) is 11.8 Å². The van der Waals surface area contributed by atoms with E-state index in [4.69, 9.17) is 21.9 Å². The first-order valence-electron chi connectivity index (χ1n) is 7.92. The van der Waals surface area contributed by atoms with Crippen LogP contribution < -0.4 is 5.73 Å². The Kier molecular flexibility index (Phi) is 4.26. The molecule has 1 atom stereocenters. The minimum Gasteiger partial charge on any atom is -0.389 e. The lowest BCUT2D eigenvalue weighted by molar-refractivity contribution is 0.300. The van der Waals surface area contributed by atoms with Crippen molar-refractivity contribution in [1.29, 1.82) is 5.26 Å². The molecule has 0 aromatic carbocycles. The van der Waals surface area contributed by atoms with Gasteiger partial charge in [0.15, 0.2) is 0 Å². The summed E-state index contributed by atoms with van der Waals surface area (Å²) < 4.78 is 6.38. The molecule has 3 heterocycles. The minimum atomic E-state index is -0.548. The second-order valence-corrected chi connectivity index (χ2v) is 8.79. The van der Waals surface area contributed by atoms with Crippen molar-refractivity contribution in [1.82, 2.24) is 15.1 Å². The first kappa shape index (κ1) is 17.5. The number of aryl methyl sites for hydroxylation is 1. The molecule has 6 nitrogen and oxygen atoms in total. The number of nitrogen functional groups attached to an aromatic ring is 1. The van der Waals surface area contributed by atoms with Gasteiger partial charge in [-0.25, -0.2) is 4.98 Å². The third-order valence-electron chi connectivity index (χ3n) is 4.64. The van der Waals surface area contributed by atoms with E-state index in [-0.39, 0.29) is 0 Å². The van der Waals surface area contributed by atoms with Crippen molar-refractivity contribution < 1.29 is 4.52 Å². The number of thiophene rings is 1. The van der Waals surface area contributed by atoms with Gasteiger partial charge in [0.25, 0.3) is 0 Å². The summed E-state index contributed by atoms with van der Waals surface area (Å²) in [5.41, 5.74) is 7.47. The Morgan fingerprint density at radius 3 is 2.96 bits per heavy atom. The predicted octanol–water partition coefficient (Wildman–Crippen LogP) is 4.71. The summed E-state index contributed by atoms with van der Waals surface area (Å²) in [6.45, 7) is 2.02.